The summed E-state index contributed by atoms with van der Waals surface area (Å²) in [4.78, 5) is 25.6. The summed E-state index contributed by atoms with van der Waals surface area (Å²) < 4.78 is 10.3. The number of thiocarbonyl (C=S) groups is 1. The number of esters is 1. The van der Waals surface area contributed by atoms with Gasteiger partial charge in [0.25, 0.3) is 5.91 Å². The van der Waals surface area contributed by atoms with E-state index in [1.807, 2.05) is 24.3 Å². The minimum Gasteiger partial charge on any atom is -0.497 e. The molecule has 1 aliphatic rings. The molecule has 1 amide bonds. The fourth-order valence-corrected chi connectivity index (χ4v) is 3.08. The summed E-state index contributed by atoms with van der Waals surface area (Å²) in [5.74, 6) is -0.00428. The predicted octanol–water partition coefficient (Wildman–Crippen LogP) is 2.46. The van der Waals surface area contributed by atoms with Crippen LogP contribution in [0.25, 0.3) is 6.08 Å². The first kappa shape index (κ1) is 16.5. The molecule has 0 spiro atoms. The number of carbonyl (C=O) groups is 2. The molecule has 1 heterocycles. The monoisotopic (exact) mass is 337 g/mol. The lowest BCUT2D eigenvalue weighted by atomic mass is 10.2. The van der Waals surface area contributed by atoms with Crippen LogP contribution in [0.2, 0.25) is 0 Å². The number of methoxy groups -OCH3 is 1. The number of hydrogen-bond donors (Lipinski definition) is 0. The van der Waals surface area contributed by atoms with E-state index in [9.17, 15) is 9.59 Å². The summed E-state index contributed by atoms with van der Waals surface area (Å²) in [7, 11) is 1.59. The molecule has 116 valence electrons. The fraction of sp³-hybridized carbons (Fsp3) is 0.267. The van der Waals surface area contributed by atoms with E-state index < -0.39 is 5.97 Å². The molecule has 0 N–H and O–H groups in total. The first-order valence-electron chi connectivity index (χ1n) is 6.60. The number of benzene rings is 1. The van der Waals surface area contributed by atoms with Gasteiger partial charge in [-0.25, -0.2) is 0 Å². The van der Waals surface area contributed by atoms with E-state index >= 15 is 0 Å². The van der Waals surface area contributed by atoms with Crippen LogP contribution in [-0.2, 0) is 14.3 Å². The molecule has 0 atom stereocenters. The fourth-order valence-electron chi connectivity index (χ4n) is 1.82. The van der Waals surface area contributed by atoms with Gasteiger partial charge in [-0.2, -0.15) is 0 Å². The normalized spacial score (nSPS) is 16.3. The van der Waals surface area contributed by atoms with Crippen molar-refractivity contribution in [3.63, 3.8) is 0 Å². The first-order valence-corrected chi connectivity index (χ1v) is 7.82. The molecule has 1 aromatic carbocycles. The second-order valence-electron chi connectivity index (χ2n) is 4.35. The smallest absolute Gasteiger partial charge is 0.326 e. The van der Waals surface area contributed by atoms with Crippen molar-refractivity contribution in [2.75, 3.05) is 20.3 Å². The van der Waals surface area contributed by atoms with Crippen molar-refractivity contribution in [1.82, 2.24) is 4.90 Å². The SMILES string of the molecule is CCOC(=O)CN1C(=O)/C(=C/c2ccc(OC)cc2)SC1=S. The van der Waals surface area contributed by atoms with Gasteiger partial charge in [0.15, 0.2) is 0 Å². The maximum atomic E-state index is 12.3. The topological polar surface area (TPSA) is 55.8 Å². The molecule has 0 bridgehead atoms. The lowest BCUT2D eigenvalue weighted by molar-refractivity contribution is -0.145. The molecule has 7 heteroatoms. The Hall–Kier alpha value is -1.86. The van der Waals surface area contributed by atoms with Gasteiger partial charge in [0, 0.05) is 0 Å². The third kappa shape index (κ3) is 3.86. The predicted molar refractivity (Wildman–Crippen MR) is 89.5 cm³/mol. The highest BCUT2D eigenvalue weighted by Gasteiger charge is 2.33. The number of amides is 1. The average molecular weight is 337 g/mol. The van der Waals surface area contributed by atoms with Gasteiger partial charge in [-0.3, -0.25) is 14.5 Å². The van der Waals surface area contributed by atoms with E-state index in [-0.39, 0.29) is 19.1 Å². The van der Waals surface area contributed by atoms with Crippen molar-refractivity contribution in [3.05, 3.63) is 34.7 Å². The summed E-state index contributed by atoms with van der Waals surface area (Å²) in [6, 6.07) is 7.31. The van der Waals surface area contributed by atoms with E-state index in [2.05, 4.69) is 0 Å². The zero-order valence-electron chi connectivity index (χ0n) is 12.2. The highest BCUT2D eigenvalue weighted by molar-refractivity contribution is 8.26. The number of ether oxygens (including phenoxy) is 2. The van der Waals surface area contributed by atoms with Crippen molar-refractivity contribution >= 4 is 46.3 Å². The Kier molecular flexibility index (Phi) is 5.57. The Morgan fingerprint density at radius 3 is 2.64 bits per heavy atom. The van der Waals surface area contributed by atoms with Gasteiger partial charge in [-0.1, -0.05) is 36.1 Å². The molecule has 0 unspecified atom stereocenters. The van der Waals surface area contributed by atoms with Crippen LogP contribution in [0.4, 0.5) is 0 Å². The maximum Gasteiger partial charge on any atom is 0.326 e. The Labute approximate surface area is 138 Å². The van der Waals surface area contributed by atoms with Gasteiger partial charge in [-0.15, -0.1) is 0 Å². The van der Waals surface area contributed by atoms with Gasteiger partial charge in [-0.05, 0) is 30.7 Å². The third-order valence-corrected chi connectivity index (χ3v) is 4.26. The summed E-state index contributed by atoms with van der Waals surface area (Å²) >= 11 is 6.33. The quantitative estimate of drug-likeness (QED) is 0.467. The summed E-state index contributed by atoms with van der Waals surface area (Å²) in [6.07, 6.45) is 1.74. The van der Waals surface area contributed by atoms with Crippen LogP contribution in [0, 0.1) is 0 Å². The molecular formula is C15H15NO4S2. The summed E-state index contributed by atoms with van der Waals surface area (Å²) in [5.41, 5.74) is 0.859. The second-order valence-corrected chi connectivity index (χ2v) is 6.02. The standard InChI is InChI=1S/C15H15NO4S2/c1-3-20-13(17)9-16-14(18)12(22-15(16)21)8-10-4-6-11(19-2)7-5-10/h4-8H,3,9H2,1-2H3/b12-8-. The molecule has 0 saturated carbocycles. The van der Waals surface area contributed by atoms with Crippen LogP contribution in [0.1, 0.15) is 12.5 Å². The molecule has 0 aromatic heterocycles. The molecule has 1 aromatic rings. The van der Waals surface area contributed by atoms with Gasteiger partial charge in [0.05, 0.1) is 18.6 Å². The molecule has 0 aliphatic carbocycles. The van der Waals surface area contributed by atoms with Crippen molar-refractivity contribution < 1.29 is 19.1 Å². The third-order valence-electron chi connectivity index (χ3n) is 2.88. The van der Waals surface area contributed by atoms with Crippen molar-refractivity contribution in [2.45, 2.75) is 6.92 Å². The molecule has 1 saturated heterocycles. The number of rotatable bonds is 5. The Morgan fingerprint density at radius 1 is 1.36 bits per heavy atom. The molecular weight excluding hydrogens is 322 g/mol. The summed E-state index contributed by atoms with van der Waals surface area (Å²) in [5, 5.41) is 0. The van der Waals surface area contributed by atoms with E-state index in [0.717, 1.165) is 11.3 Å². The number of carbonyl (C=O) groups excluding carboxylic acids is 2. The minimum atomic E-state index is -0.468. The van der Waals surface area contributed by atoms with Crippen LogP contribution < -0.4 is 4.74 Å². The van der Waals surface area contributed by atoms with Crippen LogP contribution in [0.5, 0.6) is 5.75 Å². The number of thioether (sulfide) groups is 1. The Morgan fingerprint density at radius 2 is 2.05 bits per heavy atom. The first-order chi connectivity index (χ1) is 10.5. The molecule has 1 aliphatic heterocycles. The summed E-state index contributed by atoms with van der Waals surface area (Å²) in [6.45, 7) is 1.83. The van der Waals surface area contributed by atoms with Crippen LogP contribution in [-0.4, -0.2) is 41.4 Å². The van der Waals surface area contributed by atoms with E-state index in [4.69, 9.17) is 21.7 Å². The highest BCUT2D eigenvalue weighted by atomic mass is 32.2. The lowest BCUT2D eigenvalue weighted by Crippen LogP contribution is -2.34. The lowest BCUT2D eigenvalue weighted by Gasteiger charge is -2.12. The zero-order chi connectivity index (χ0) is 16.1. The van der Waals surface area contributed by atoms with Gasteiger partial charge < -0.3 is 9.47 Å². The minimum absolute atomic E-state index is 0.154. The van der Waals surface area contributed by atoms with Crippen molar-refractivity contribution in [1.29, 1.82) is 0 Å². The number of nitrogens with zero attached hydrogens (tertiary/aromatic N) is 1. The zero-order valence-corrected chi connectivity index (χ0v) is 13.8. The Balaban J connectivity index is 2.12. The van der Waals surface area contributed by atoms with Crippen LogP contribution in [0.15, 0.2) is 29.2 Å². The van der Waals surface area contributed by atoms with E-state index in [1.165, 1.54) is 16.7 Å². The van der Waals surface area contributed by atoms with E-state index in [1.54, 1.807) is 20.1 Å². The molecule has 22 heavy (non-hydrogen) atoms. The highest BCUT2D eigenvalue weighted by Crippen LogP contribution is 2.32. The van der Waals surface area contributed by atoms with Crippen LogP contribution in [0.3, 0.4) is 0 Å². The van der Waals surface area contributed by atoms with Crippen molar-refractivity contribution in [3.8, 4) is 5.75 Å². The largest absolute Gasteiger partial charge is 0.497 e. The second kappa shape index (κ2) is 7.42. The molecule has 2 rings (SSSR count). The molecule has 5 nitrogen and oxygen atoms in total. The van der Waals surface area contributed by atoms with E-state index in [0.29, 0.717) is 9.23 Å². The average Bonchev–Trinajstić information content (AvgIpc) is 2.76. The number of hydrogen-bond acceptors (Lipinski definition) is 6. The Bertz CT molecular complexity index is 625. The van der Waals surface area contributed by atoms with Gasteiger partial charge in [0.1, 0.15) is 16.6 Å². The molecule has 0 radical (unpaired) electrons. The van der Waals surface area contributed by atoms with Gasteiger partial charge >= 0.3 is 5.97 Å². The van der Waals surface area contributed by atoms with Gasteiger partial charge in [0.2, 0.25) is 0 Å². The molecule has 1 fully saturated rings. The van der Waals surface area contributed by atoms with Crippen molar-refractivity contribution in [2.24, 2.45) is 0 Å². The maximum absolute atomic E-state index is 12.3. The van der Waals surface area contributed by atoms with Crippen LogP contribution >= 0.6 is 24.0 Å².